The quantitative estimate of drug-likeness (QED) is 0.428. The summed E-state index contributed by atoms with van der Waals surface area (Å²) in [5.74, 6) is -0.602. The maximum Gasteiger partial charge on any atom is 0.239 e. The van der Waals surface area contributed by atoms with Crippen LogP contribution < -0.4 is 0 Å². The van der Waals surface area contributed by atoms with Crippen LogP contribution in [0, 0.1) is 6.08 Å². The fourth-order valence-electron chi connectivity index (χ4n) is 0.471. The lowest BCUT2D eigenvalue weighted by Gasteiger charge is -2.02. The van der Waals surface area contributed by atoms with Crippen LogP contribution in [-0.4, -0.2) is 5.54 Å². The van der Waals surface area contributed by atoms with Crippen LogP contribution in [0.15, 0.2) is 16.2 Å². The number of hydrogen-bond donors (Lipinski definition) is 0. The van der Waals surface area contributed by atoms with E-state index in [-0.39, 0.29) is 0 Å². The van der Waals surface area contributed by atoms with Gasteiger partial charge in [-0.15, -0.1) is 5.11 Å². The molecule has 0 aromatic heterocycles. The van der Waals surface area contributed by atoms with Crippen molar-refractivity contribution in [3.63, 3.8) is 0 Å². The second-order valence-electron chi connectivity index (χ2n) is 2.17. The molecular formula is C5H6FN2. The number of halogens is 1. The summed E-state index contributed by atoms with van der Waals surface area (Å²) in [6.45, 7) is 3.48. The van der Waals surface area contributed by atoms with Crippen LogP contribution in [0.25, 0.3) is 0 Å². The molecule has 3 heteroatoms. The number of nitrogens with zero attached hydrogens (tertiary/aromatic N) is 2. The van der Waals surface area contributed by atoms with Gasteiger partial charge in [-0.1, -0.05) is 0 Å². The zero-order valence-corrected chi connectivity index (χ0v) is 4.77. The standard InChI is InChI=1S/C5H6FN2/c1-5(2)3-4(6)7-8-5/h1-2H3. The van der Waals surface area contributed by atoms with Crippen molar-refractivity contribution in [1.29, 1.82) is 0 Å². The van der Waals surface area contributed by atoms with Crippen molar-refractivity contribution >= 4 is 0 Å². The first kappa shape index (κ1) is 5.41. The molecule has 0 aliphatic carbocycles. The van der Waals surface area contributed by atoms with Gasteiger partial charge in [0.1, 0.15) is 5.54 Å². The molecule has 43 valence electrons. The van der Waals surface area contributed by atoms with Gasteiger partial charge in [0.05, 0.1) is 0 Å². The Morgan fingerprint density at radius 2 is 2.25 bits per heavy atom. The number of rotatable bonds is 0. The van der Waals surface area contributed by atoms with Crippen molar-refractivity contribution < 1.29 is 4.39 Å². The fraction of sp³-hybridized carbons (Fsp3) is 0.600. The van der Waals surface area contributed by atoms with Crippen LogP contribution in [0.4, 0.5) is 4.39 Å². The van der Waals surface area contributed by atoms with E-state index in [9.17, 15) is 4.39 Å². The Kier molecular flexibility index (Phi) is 0.927. The van der Waals surface area contributed by atoms with E-state index in [2.05, 4.69) is 16.3 Å². The molecule has 1 rings (SSSR count). The fourth-order valence-corrected chi connectivity index (χ4v) is 0.471. The molecule has 0 N–H and O–H groups in total. The normalized spacial score (nSPS) is 23.6. The van der Waals surface area contributed by atoms with Gasteiger partial charge in [0.15, 0.2) is 0 Å². The summed E-state index contributed by atoms with van der Waals surface area (Å²) < 4.78 is 12.0. The van der Waals surface area contributed by atoms with E-state index in [1.807, 2.05) is 0 Å². The largest absolute Gasteiger partial charge is 0.239 e. The average molecular weight is 113 g/mol. The van der Waals surface area contributed by atoms with E-state index in [0.717, 1.165) is 0 Å². The van der Waals surface area contributed by atoms with Crippen LogP contribution >= 0.6 is 0 Å². The first-order valence-electron chi connectivity index (χ1n) is 2.34. The minimum atomic E-state index is -0.602. The molecule has 0 aromatic rings. The summed E-state index contributed by atoms with van der Waals surface area (Å²) in [6, 6.07) is 0. The third-order valence-corrected chi connectivity index (χ3v) is 0.797. The molecule has 0 atom stereocenters. The molecule has 0 saturated carbocycles. The highest BCUT2D eigenvalue weighted by atomic mass is 19.1. The molecule has 1 aliphatic heterocycles. The molecule has 1 heterocycles. The highest BCUT2D eigenvalue weighted by molar-refractivity contribution is 5.01. The lowest BCUT2D eigenvalue weighted by Crippen LogP contribution is -2.08. The second-order valence-corrected chi connectivity index (χ2v) is 2.17. The SMILES string of the molecule is CC1(C)[C]=C(F)N=N1. The smallest absolute Gasteiger partial charge is 0.183 e. The highest BCUT2D eigenvalue weighted by Crippen LogP contribution is 2.21. The average Bonchev–Trinajstić information content (AvgIpc) is 1.82. The lowest BCUT2D eigenvalue weighted by molar-refractivity contribution is 0.619. The monoisotopic (exact) mass is 113 g/mol. The molecule has 1 aliphatic rings. The van der Waals surface area contributed by atoms with Gasteiger partial charge in [0.2, 0.25) is 5.95 Å². The third kappa shape index (κ3) is 0.911. The Morgan fingerprint density at radius 1 is 1.62 bits per heavy atom. The molecule has 0 bridgehead atoms. The van der Waals surface area contributed by atoms with Crippen molar-refractivity contribution in [3.05, 3.63) is 12.0 Å². The molecule has 0 unspecified atom stereocenters. The number of azo groups is 1. The van der Waals surface area contributed by atoms with Gasteiger partial charge in [-0.05, 0) is 13.8 Å². The molecule has 1 radical (unpaired) electrons. The highest BCUT2D eigenvalue weighted by Gasteiger charge is 2.20. The van der Waals surface area contributed by atoms with Gasteiger partial charge >= 0.3 is 0 Å². The zero-order valence-electron chi connectivity index (χ0n) is 4.77. The summed E-state index contributed by atoms with van der Waals surface area (Å²) in [7, 11) is 0. The van der Waals surface area contributed by atoms with Crippen LogP contribution in [0.2, 0.25) is 0 Å². The molecule has 0 amide bonds. The Morgan fingerprint density at radius 3 is 2.38 bits per heavy atom. The summed E-state index contributed by atoms with van der Waals surface area (Å²) in [6.07, 6.45) is 2.41. The minimum absolute atomic E-state index is 0.538. The van der Waals surface area contributed by atoms with Crippen LogP contribution in [0.5, 0.6) is 0 Å². The van der Waals surface area contributed by atoms with E-state index in [0.29, 0.717) is 0 Å². The lowest BCUT2D eigenvalue weighted by atomic mass is 10.1. The maximum absolute atomic E-state index is 12.0. The minimum Gasteiger partial charge on any atom is -0.183 e. The molecule has 0 fully saturated rings. The molecule has 0 saturated heterocycles. The zero-order chi connectivity index (χ0) is 6.20. The predicted molar refractivity (Wildman–Crippen MR) is 26.8 cm³/mol. The molecular weight excluding hydrogens is 107 g/mol. The molecule has 0 aromatic carbocycles. The van der Waals surface area contributed by atoms with Crippen molar-refractivity contribution in [3.8, 4) is 0 Å². The molecule has 8 heavy (non-hydrogen) atoms. The molecule has 0 spiro atoms. The van der Waals surface area contributed by atoms with Crippen LogP contribution in [0.3, 0.4) is 0 Å². The van der Waals surface area contributed by atoms with E-state index < -0.39 is 11.5 Å². The summed E-state index contributed by atoms with van der Waals surface area (Å²) in [5, 5.41) is 6.70. The van der Waals surface area contributed by atoms with E-state index in [1.54, 1.807) is 13.8 Å². The second kappa shape index (κ2) is 1.37. The number of hydrogen-bond acceptors (Lipinski definition) is 2. The van der Waals surface area contributed by atoms with Gasteiger partial charge in [-0.2, -0.15) is 9.50 Å². The summed E-state index contributed by atoms with van der Waals surface area (Å²) >= 11 is 0. The Balaban J connectivity index is 2.84. The van der Waals surface area contributed by atoms with E-state index in [1.165, 1.54) is 0 Å². The Labute approximate surface area is 47.1 Å². The maximum atomic E-state index is 12.0. The van der Waals surface area contributed by atoms with Crippen molar-refractivity contribution in [2.45, 2.75) is 19.4 Å². The summed E-state index contributed by atoms with van der Waals surface area (Å²) in [4.78, 5) is 0. The Bertz CT molecular complexity index is 158. The first-order valence-corrected chi connectivity index (χ1v) is 2.34. The van der Waals surface area contributed by atoms with Crippen molar-refractivity contribution in [2.75, 3.05) is 0 Å². The van der Waals surface area contributed by atoms with Gasteiger partial charge in [0.25, 0.3) is 0 Å². The van der Waals surface area contributed by atoms with Crippen molar-refractivity contribution in [2.24, 2.45) is 10.2 Å². The van der Waals surface area contributed by atoms with Gasteiger partial charge < -0.3 is 0 Å². The topological polar surface area (TPSA) is 24.7 Å². The van der Waals surface area contributed by atoms with E-state index in [4.69, 9.17) is 0 Å². The predicted octanol–water partition coefficient (Wildman–Crippen LogP) is 1.84. The van der Waals surface area contributed by atoms with Crippen molar-refractivity contribution in [1.82, 2.24) is 0 Å². The van der Waals surface area contributed by atoms with Gasteiger partial charge in [-0.3, -0.25) is 0 Å². The summed E-state index contributed by atoms with van der Waals surface area (Å²) in [5.41, 5.74) is -0.538. The third-order valence-electron chi connectivity index (χ3n) is 0.797. The van der Waals surface area contributed by atoms with Gasteiger partial charge in [-0.25, -0.2) is 0 Å². The van der Waals surface area contributed by atoms with Crippen LogP contribution in [-0.2, 0) is 0 Å². The van der Waals surface area contributed by atoms with Crippen LogP contribution in [0.1, 0.15) is 13.8 Å². The van der Waals surface area contributed by atoms with E-state index >= 15 is 0 Å². The first-order chi connectivity index (χ1) is 3.60. The molecule has 2 nitrogen and oxygen atoms in total. The van der Waals surface area contributed by atoms with Gasteiger partial charge in [0, 0.05) is 6.08 Å². The Hall–Kier alpha value is -0.730.